The van der Waals surface area contributed by atoms with Crippen LogP contribution in [0.15, 0.2) is 48.8 Å². The van der Waals surface area contributed by atoms with Crippen LogP contribution in [0.5, 0.6) is 0 Å². The summed E-state index contributed by atoms with van der Waals surface area (Å²) < 4.78 is 2.01. The number of benzene rings is 1. The summed E-state index contributed by atoms with van der Waals surface area (Å²) in [4.78, 5) is 17.1. The summed E-state index contributed by atoms with van der Waals surface area (Å²) in [5.41, 5.74) is 4.82. The molecular formula is C23H27N3O. The molecule has 0 spiro atoms. The quantitative estimate of drug-likeness (QED) is 0.642. The van der Waals surface area contributed by atoms with Crippen molar-refractivity contribution in [3.8, 4) is 11.3 Å². The first-order valence-electron chi connectivity index (χ1n) is 10.0. The average Bonchev–Trinajstić information content (AvgIpc) is 3.13. The number of imidazole rings is 1. The summed E-state index contributed by atoms with van der Waals surface area (Å²) in [6.07, 6.45) is 12.2. The SMILES string of the molecule is Cc1ccc(-c2cn3ccccc3n2)cc1NC(=O)CCC1CCCCC1. The fourth-order valence-electron chi connectivity index (χ4n) is 4.01. The van der Waals surface area contributed by atoms with Crippen LogP contribution in [0.3, 0.4) is 0 Å². The summed E-state index contributed by atoms with van der Waals surface area (Å²) in [5, 5.41) is 3.12. The molecule has 1 saturated carbocycles. The maximum Gasteiger partial charge on any atom is 0.224 e. The van der Waals surface area contributed by atoms with E-state index in [1.54, 1.807) is 0 Å². The van der Waals surface area contributed by atoms with Crippen LogP contribution >= 0.6 is 0 Å². The monoisotopic (exact) mass is 361 g/mol. The number of pyridine rings is 1. The van der Waals surface area contributed by atoms with Gasteiger partial charge < -0.3 is 9.72 Å². The van der Waals surface area contributed by atoms with Gasteiger partial charge in [-0.15, -0.1) is 0 Å². The highest BCUT2D eigenvalue weighted by atomic mass is 16.1. The molecule has 2 aromatic heterocycles. The van der Waals surface area contributed by atoms with Gasteiger partial charge in [-0.2, -0.15) is 0 Å². The zero-order valence-corrected chi connectivity index (χ0v) is 15.9. The molecule has 4 nitrogen and oxygen atoms in total. The largest absolute Gasteiger partial charge is 0.326 e. The minimum atomic E-state index is 0.121. The minimum Gasteiger partial charge on any atom is -0.326 e. The molecular weight excluding hydrogens is 334 g/mol. The van der Waals surface area contributed by atoms with Crippen molar-refractivity contribution < 1.29 is 4.79 Å². The molecule has 140 valence electrons. The molecule has 4 heteroatoms. The maximum atomic E-state index is 12.5. The van der Waals surface area contributed by atoms with Gasteiger partial charge in [0.2, 0.25) is 5.91 Å². The van der Waals surface area contributed by atoms with Crippen molar-refractivity contribution in [1.82, 2.24) is 9.38 Å². The Bertz CT molecular complexity index is 905. The summed E-state index contributed by atoms with van der Waals surface area (Å²) in [6.45, 7) is 2.03. The van der Waals surface area contributed by atoms with Crippen molar-refractivity contribution in [2.45, 2.75) is 51.9 Å². The molecule has 1 aliphatic carbocycles. The Kier molecular flexibility index (Phi) is 5.23. The third-order valence-electron chi connectivity index (χ3n) is 5.68. The zero-order chi connectivity index (χ0) is 18.6. The van der Waals surface area contributed by atoms with Crippen LogP contribution in [0.1, 0.15) is 50.5 Å². The molecule has 1 amide bonds. The van der Waals surface area contributed by atoms with Crippen LogP contribution in [0, 0.1) is 12.8 Å². The van der Waals surface area contributed by atoms with E-state index in [1.807, 2.05) is 48.0 Å². The molecule has 0 aliphatic heterocycles. The molecule has 1 aromatic carbocycles. The van der Waals surface area contributed by atoms with E-state index in [0.29, 0.717) is 6.42 Å². The van der Waals surface area contributed by atoms with E-state index >= 15 is 0 Å². The van der Waals surface area contributed by atoms with E-state index in [0.717, 1.165) is 40.5 Å². The molecule has 0 atom stereocenters. The highest BCUT2D eigenvalue weighted by Crippen LogP contribution is 2.28. The molecule has 0 bridgehead atoms. The van der Waals surface area contributed by atoms with E-state index < -0.39 is 0 Å². The maximum absolute atomic E-state index is 12.5. The van der Waals surface area contributed by atoms with Crippen molar-refractivity contribution >= 4 is 17.2 Å². The van der Waals surface area contributed by atoms with Gasteiger partial charge in [0, 0.05) is 30.1 Å². The number of fused-ring (bicyclic) bond motifs is 1. The third-order valence-corrected chi connectivity index (χ3v) is 5.68. The predicted octanol–water partition coefficient (Wildman–Crippen LogP) is 5.61. The number of carbonyl (C=O) groups excluding carboxylic acids is 1. The van der Waals surface area contributed by atoms with Gasteiger partial charge in [-0.1, -0.05) is 50.3 Å². The summed E-state index contributed by atoms with van der Waals surface area (Å²) >= 11 is 0. The first-order valence-corrected chi connectivity index (χ1v) is 10.0. The predicted molar refractivity (Wildman–Crippen MR) is 110 cm³/mol. The fraction of sp³-hybridized carbons (Fsp3) is 0.391. The Hall–Kier alpha value is -2.62. The number of aromatic nitrogens is 2. The van der Waals surface area contributed by atoms with Crippen LogP contribution in [0.2, 0.25) is 0 Å². The van der Waals surface area contributed by atoms with Crippen LogP contribution < -0.4 is 5.32 Å². The molecule has 1 N–H and O–H groups in total. The van der Waals surface area contributed by atoms with E-state index in [2.05, 4.69) is 22.4 Å². The van der Waals surface area contributed by atoms with Crippen LogP contribution in [-0.4, -0.2) is 15.3 Å². The standard InChI is InChI=1S/C23H27N3O/c1-17-10-12-19(21-16-26-14-6-5-9-22(26)24-21)15-20(17)25-23(27)13-11-18-7-3-2-4-8-18/h5-6,9-10,12,14-16,18H,2-4,7-8,11,13H2,1H3,(H,25,27). The van der Waals surface area contributed by atoms with Gasteiger partial charge in [-0.05, 0) is 43.0 Å². The fourth-order valence-corrected chi connectivity index (χ4v) is 4.01. The van der Waals surface area contributed by atoms with E-state index in [-0.39, 0.29) is 5.91 Å². The van der Waals surface area contributed by atoms with Crippen molar-refractivity contribution in [1.29, 1.82) is 0 Å². The van der Waals surface area contributed by atoms with Gasteiger partial charge in [0.15, 0.2) is 0 Å². The highest BCUT2D eigenvalue weighted by molar-refractivity contribution is 5.92. The number of carbonyl (C=O) groups is 1. The first kappa shape index (κ1) is 17.8. The first-order chi connectivity index (χ1) is 13.2. The van der Waals surface area contributed by atoms with Gasteiger partial charge in [-0.3, -0.25) is 4.79 Å². The number of aryl methyl sites for hydroxylation is 1. The van der Waals surface area contributed by atoms with E-state index in [1.165, 1.54) is 32.1 Å². The number of hydrogen-bond acceptors (Lipinski definition) is 2. The van der Waals surface area contributed by atoms with Crippen LogP contribution in [0.4, 0.5) is 5.69 Å². The number of rotatable bonds is 5. The van der Waals surface area contributed by atoms with E-state index in [4.69, 9.17) is 0 Å². The second-order valence-electron chi connectivity index (χ2n) is 7.71. The molecule has 3 aromatic rings. The average molecular weight is 361 g/mol. The number of amides is 1. The van der Waals surface area contributed by atoms with Crippen LogP contribution in [0.25, 0.3) is 16.9 Å². The number of hydrogen-bond donors (Lipinski definition) is 1. The molecule has 1 fully saturated rings. The summed E-state index contributed by atoms with van der Waals surface area (Å²) in [6, 6.07) is 12.1. The second-order valence-corrected chi connectivity index (χ2v) is 7.71. The van der Waals surface area contributed by atoms with Gasteiger partial charge >= 0.3 is 0 Å². The normalized spacial score (nSPS) is 15.1. The van der Waals surface area contributed by atoms with E-state index in [9.17, 15) is 4.79 Å². The molecule has 0 saturated heterocycles. The number of anilines is 1. The molecule has 0 radical (unpaired) electrons. The Balaban J connectivity index is 1.46. The summed E-state index contributed by atoms with van der Waals surface area (Å²) in [5.74, 6) is 0.853. The Morgan fingerprint density at radius 3 is 2.85 bits per heavy atom. The topological polar surface area (TPSA) is 46.4 Å². The lowest BCUT2D eigenvalue weighted by Crippen LogP contribution is -2.15. The van der Waals surface area contributed by atoms with Crippen molar-refractivity contribution in [3.05, 3.63) is 54.4 Å². The van der Waals surface area contributed by atoms with Gasteiger partial charge in [0.05, 0.1) is 5.69 Å². The van der Waals surface area contributed by atoms with Crippen molar-refractivity contribution in [2.75, 3.05) is 5.32 Å². The van der Waals surface area contributed by atoms with Gasteiger partial charge in [0.1, 0.15) is 5.65 Å². The number of nitrogens with zero attached hydrogens (tertiary/aromatic N) is 2. The summed E-state index contributed by atoms with van der Waals surface area (Å²) in [7, 11) is 0. The number of nitrogens with one attached hydrogen (secondary N) is 1. The Morgan fingerprint density at radius 2 is 2.04 bits per heavy atom. The molecule has 1 aliphatic rings. The lowest BCUT2D eigenvalue weighted by atomic mass is 9.86. The molecule has 0 unspecified atom stereocenters. The smallest absolute Gasteiger partial charge is 0.224 e. The van der Waals surface area contributed by atoms with Gasteiger partial charge in [-0.25, -0.2) is 4.98 Å². The van der Waals surface area contributed by atoms with Crippen molar-refractivity contribution in [2.24, 2.45) is 5.92 Å². The molecule has 4 rings (SSSR count). The zero-order valence-electron chi connectivity index (χ0n) is 15.9. The second kappa shape index (κ2) is 7.95. The Labute approximate surface area is 160 Å². The highest BCUT2D eigenvalue weighted by Gasteiger charge is 2.15. The lowest BCUT2D eigenvalue weighted by Gasteiger charge is -2.21. The lowest BCUT2D eigenvalue weighted by molar-refractivity contribution is -0.116. The third kappa shape index (κ3) is 4.21. The van der Waals surface area contributed by atoms with Crippen LogP contribution in [-0.2, 0) is 4.79 Å². The molecule has 2 heterocycles. The Morgan fingerprint density at radius 1 is 1.19 bits per heavy atom. The van der Waals surface area contributed by atoms with Crippen molar-refractivity contribution in [3.63, 3.8) is 0 Å². The van der Waals surface area contributed by atoms with Gasteiger partial charge in [0.25, 0.3) is 0 Å². The molecule has 27 heavy (non-hydrogen) atoms. The minimum absolute atomic E-state index is 0.121.